The Morgan fingerprint density at radius 2 is 1.97 bits per heavy atom. The van der Waals surface area contributed by atoms with E-state index < -0.39 is 0 Å². The van der Waals surface area contributed by atoms with Gasteiger partial charge in [-0.3, -0.25) is 4.99 Å². The van der Waals surface area contributed by atoms with Gasteiger partial charge in [0.1, 0.15) is 18.2 Å². The van der Waals surface area contributed by atoms with Crippen LogP contribution in [0, 0.1) is 0 Å². The van der Waals surface area contributed by atoms with Crippen LogP contribution in [0.4, 0.5) is 5.69 Å². The van der Waals surface area contributed by atoms with Crippen LogP contribution in [0.5, 0.6) is 11.5 Å². The number of benzene rings is 1. The summed E-state index contributed by atoms with van der Waals surface area (Å²) in [4.78, 5) is 14.2. The minimum absolute atomic E-state index is 0.184. The molecule has 2 bridgehead atoms. The first kappa shape index (κ1) is 26.6. The van der Waals surface area contributed by atoms with Gasteiger partial charge in [0.05, 0.1) is 51.9 Å². The molecule has 0 fully saturated rings. The zero-order valence-electron chi connectivity index (χ0n) is 22.0. The third-order valence-corrected chi connectivity index (χ3v) is 6.48. The molecular formula is C27H37N5O6. The number of fused-ring (bicyclic) bond motifs is 7. The van der Waals surface area contributed by atoms with Crippen LogP contribution in [0.3, 0.4) is 0 Å². The maximum Gasteiger partial charge on any atom is 0.231 e. The van der Waals surface area contributed by atoms with Gasteiger partial charge in [-0.25, -0.2) is 4.99 Å². The second-order valence-electron chi connectivity index (χ2n) is 9.20. The normalized spacial score (nSPS) is 19.6. The lowest BCUT2D eigenvalue weighted by molar-refractivity contribution is 0.0281. The smallest absolute Gasteiger partial charge is 0.231 e. The minimum atomic E-state index is 0.184. The van der Waals surface area contributed by atoms with E-state index in [1.165, 1.54) is 0 Å². The van der Waals surface area contributed by atoms with Crippen molar-refractivity contribution in [1.29, 1.82) is 0 Å². The molecule has 0 saturated heterocycles. The fraction of sp³-hybridized carbons (Fsp3) is 0.556. The molecule has 0 unspecified atom stereocenters. The van der Waals surface area contributed by atoms with E-state index in [1.54, 1.807) is 7.11 Å². The van der Waals surface area contributed by atoms with Crippen LogP contribution in [0.15, 0.2) is 45.8 Å². The molecule has 0 aliphatic carbocycles. The molecule has 206 valence electrons. The SMILES string of the molecule is COCCOCCOCC1=CN2C=C3CCOCCCNCC=NCc4ccc5c(c4N=C3N1C2)OCO5. The summed E-state index contributed by atoms with van der Waals surface area (Å²) < 4.78 is 34.0. The fourth-order valence-electron chi connectivity index (χ4n) is 4.56. The van der Waals surface area contributed by atoms with Gasteiger partial charge in [0, 0.05) is 56.4 Å². The van der Waals surface area contributed by atoms with Crippen LogP contribution in [0.1, 0.15) is 18.4 Å². The van der Waals surface area contributed by atoms with E-state index >= 15 is 0 Å². The summed E-state index contributed by atoms with van der Waals surface area (Å²) in [6, 6.07) is 3.96. The number of ether oxygens (including phenoxy) is 6. The van der Waals surface area contributed by atoms with Gasteiger partial charge < -0.3 is 43.5 Å². The van der Waals surface area contributed by atoms with Crippen LogP contribution >= 0.6 is 0 Å². The Morgan fingerprint density at radius 1 is 1.05 bits per heavy atom. The van der Waals surface area contributed by atoms with E-state index in [9.17, 15) is 0 Å². The number of rotatable bonds is 8. The molecule has 4 heterocycles. The Balaban J connectivity index is 1.39. The Labute approximate surface area is 223 Å². The minimum Gasteiger partial charge on any atom is -0.454 e. The van der Waals surface area contributed by atoms with Crippen molar-refractivity contribution >= 4 is 17.7 Å². The molecule has 0 aromatic heterocycles. The average Bonchev–Trinajstić information content (AvgIpc) is 3.53. The monoisotopic (exact) mass is 527 g/mol. The van der Waals surface area contributed by atoms with Gasteiger partial charge in [-0.1, -0.05) is 6.07 Å². The molecule has 11 heteroatoms. The van der Waals surface area contributed by atoms with E-state index in [4.69, 9.17) is 33.4 Å². The van der Waals surface area contributed by atoms with E-state index in [0.29, 0.717) is 71.0 Å². The van der Waals surface area contributed by atoms with Gasteiger partial charge in [0.2, 0.25) is 6.79 Å². The predicted molar refractivity (Wildman–Crippen MR) is 143 cm³/mol. The summed E-state index contributed by atoms with van der Waals surface area (Å²) in [5.74, 6) is 2.24. The van der Waals surface area contributed by atoms with Crippen LogP contribution in [-0.4, -0.2) is 102 Å². The Morgan fingerprint density at radius 3 is 2.92 bits per heavy atom. The zero-order chi connectivity index (χ0) is 26.0. The summed E-state index contributed by atoms with van der Waals surface area (Å²) >= 11 is 0. The van der Waals surface area contributed by atoms with E-state index in [1.807, 2.05) is 18.3 Å². The van der Waals surface area contributed by atoms with Crippen molar-refractivity contribution in [3.05, 3.63) is 41.4 Å². The van der Waals surface area contributed by atoms with Crippen LogP contribution in [0.25, 0.3) is 0 Å². The first-order chi connectivity index (χ1) is 18.8. The third-order valence-electron chi connectivity index (χ3n) is 6.48. The van der Waals surface area contributed by atoms with Crippen molar-refractivity contribution in [2.24, 2.45) is 9.98 Å². The van der Waals surface area contributed by atoms with Gasteiger partial charge in [0.15, 0.2) is 11.5 Å². The highest BCUT2D eigenvalue weighted by Gasteiger charge is 2.32. The molecule has 1 aromatic carbocycles. The van der Waals surface area contributed by atoms with Crippen molar-refractivity contribution in [2.45, 2.75) is 19.4 Å². The van der Waals surface area contributed by atoms with Gasteiger partial charge in [-0.2, -0.15) is 0 Å². The van der Waals surface area contributed by atoms with Gasteiger partial charge >= 0.3 is 0 Å². The summed E-state index contributed by atoms with van der Waals surface area (Å²) in [5.41, 5.74) is 3.88. The van der Waals surface area contributed by atoms with Gasteiger partial charge in [-0.05, 0) is 19.0 Å². The van der Waals surface area contributed by atoms with Crippen molar-refractivity contribution in [3.63, 3.8) is 0 Å². The molecule has 0 spiro atoms. The molecule has 0 radical (unpaired) electrons. The summed E-state index contributed by atoms with van der Waals surface area (Å²) in [6.07, 6.45) is 7.88. The second kappa shape index (κ2) is 13.7. The first-order valence-electron chi connectivity index (χ1n) is 13.2. The predicted octanol–water partition coefficient (Wildman–Crippen LogP) is 2.41. The number of hydrogen-bond acceptors (Lipinski definition) is 11. The Bertz CT molecular complexity index is 1070. The highest BCUT2D eigenvalue weighted by atomic mass is 16.7. The van der Waals surface area contributed by atoms with Crippen molar-refractivity contribution in [1.82, 2.24) is 15.1 Å². The standard InChI is InChI=1S/C27H37N5O6/c1-33-11-12-35-13-14-36-18-23-17-31-16-22-5-10-34-9-2-6-28-7-8-29-15-21-3-4-24-26(38-20-37-24)25(21)30-27(22)32(23)19-31/h3-4,8,16-17,28H,2,5-7,9-15,18-20H2,1H3. The molecule has 4 aliphatic heterocycles. The molecule has 38 heavy (non-hydrogen) atoms. The van der Waals surface area contributed by atoms with E-state index in [-0.39, 0.29) is 6.79 Å². The molecule has 1 aromatic rings. The number of methoxy groups -OCH3 is 1. The number of nitrogens with zero attached hydrogens (tertiary/aromatic N) is 4. The third kappa shape index (κ3) is 6.72. The lowest BCUT2D eigenvalue weighted by Gasteiger charge is -2.31. The largest absolute Gasteiger partial charge is 0.454 e. The molecule has 0 amide bonds. The lowest BCUT2D eigenvalue weighted by atomic mass is 10.1. The first-order valence-corrected chi connectivity index (χ1v) is 13.2. The maximum atomic E-state index is 5.95. The quantitative estimate of drug-likeness (QED) is 0.511. The number of nitrogens with one attached hydrogen (secondary N) is 1. The average molecular weight is 528 g/mol. The molecule has 0 atom stereocenters. The van der Waals surface area contributed by atoms with Crippen molar-refractivity contribution in [3.8, 4) is 11.5 Å². The molecule has 4 aliphatic rings. The lowest BCUT2D eigenvalue weighted by Crippen LogP contribution is -2.38. The highest BCUT2D eigenvalue weighted by Crippen LogP contribution is 2.44. The molecule has 5 rings (SSSR count). The number of hydrogen-bond donors (Lipinski definition) is 1. The maximum absolute atomic E-state index is 5.95. The molecular weight excluding hydrogens is 490 g/mol. The summed E-state index contributed by atoms with van der Waals surface area (Å²) in [6.45, 7) is 6.93. The Kier molecular flexibility index (Phi) is 9.62. The van der Waals surface area contributed by atoms with Crippen LogP contribution in [-0.2, 0) is 25.5 Å². The van der Waals surface area contributed by atoms with Crippen molar-refractivity contribution in [2.75, 3.05) is 79.9 Å². The van der Waals surface area contributed by atoms with Crippen molar-refractivity contribution < 1.29 is 28.4 Å². The second-order valence-corrected chi connectivity index (χ2v) is 9.20. The Hall–Kier alpha value is -2.96. The highest BCUT2D eigenvalue weighted by molar-refractivity contribution is 6.02. The summed E-state index contributed by atoms with van der Waals surface area (Å²) in [7, 11) is 1.66. The van der Waals surface area contributed by atoms with E-state index in [2.05, 4.69) is 32.5 Å². The molecule has 11 nitrogen and oxygen atoms in total. The van der Waals surface area contributed by atoms with Crippen LogP contribution in [0.2, 0.25) is 0 Å². The zero-order valence-corrected chi connectivity index (χ0v) is 22.0. The van der Waals surface area contributed by atoms with Gasteiger partial charge in [-0.15, -0.1) is 0 Å². The number of amidine groups is 1. The summed E-state index contributed by atoms with van der Waals surface area (Å²) in [5, 5.41) is 3.38. The molecule has 0 saturated carbocycles. The van der Waals surface area contributed by atoms with E-state index in [0.717, 1.165) is 54.3 Å². The number of aliphatic imine (C=N–C) groups is 2. The molecule has 1 N–H and O–H groups in total. The fourth-order valence-corrected chi connectivity index (χ4v) is 4.56. The van der Waals surface area contributed by atoms with Crippen LogP contribution < -0.4 is 14.8 Å². The van der Waals surface area contributed by atoms with Gasteiger partial charge in [0.25, 0.3) is 0 Å². The topological polar surface area (TPSA) is 98.6 Å².